The monoisotopic (exact) mass is 226 g/mol. The van der Waals surface area contributed by atoms with Crippen molar-refractivity contribution in [2.45, 2.75) is 37.0 Å². The van der Waals surface area contributed by atoms with Crippen LogP contribution in [0.4, 0.5) is 4.39 Å². The third-order valence-corrected chi connectivity index (χ3v) is 3.74. The minimum absolute atomic E-state index is 0.0516. The van der Waals surface area contributed by atoms with E-state index in [4.69, 9.17) is 11.6 Å². The third-order valence-electron chi connectivity index (χ3n) is 3.52. The summed E-state index contributed by atoms with van der Waals surface area (Å²) in [5, 5.41) is 3.82. The van der Waals surface area contributed by atoms with Crippen LogP contribution in [0.25, 0.3) is 0 Å². The van der Waals surface area contributed by atoms with Crippen LogP contribution >= 0.6 is 11.6 Å². The molecule has 0 saturated carbocycles. The fourth-order valence-corrected chi connectivity index (χ4v) is 2.88. The molecule has 4 unspecified atom stereocenters. The first-order valence-corrected chi connectivity index (χ1v) is 5.63. The molecule has 2 fully saturated rings. The molecule has 2 bridgehead atoms. The first-order chi connectivity index (χ1) is 7.24. The molecule has 0 spiro atoms. The largest absolute Gasteiger partial charge is 0.308 e. The number of hydrogen-bond donors (Lipinski definition) is 1. The summed E-state index contributed by atoms with van der Waals surface area (Å²) >= 11 is 5.73. The van der Waals surface area contributed by atoms with Crippen LogP contribution in [0.5, 0.6) is 0 Å². The maximum atomic E-state index is 13.3. The van der Waals surface area contributed by atoms with Crippen LogP contribution in [0.1, 0.15) is 24.3 Å². The molecule has 0 amide bonds. The second-order valence-corrected chi connectivity index (χ2v) is 4.78. The molecule has 1 N–H and O–H groups in total. The second kappa shape index (κ2) is 3.42. The van der Waals surface area contributed by atoms with Crippen molar-refractivity contribution in [3.8, 4) is 0 Å². The van der Waals surface area contributed by atoms with Gasteiger partial charge in [-0.15, -0.1) is 0 Å². The number of pyridine rings is 1. The third kappa shape index (κ3) is 1.54. The summed E-state index contributed by atoms with van der Waals surface area (Å²) in [5.41, 5.74) is 1.17. The topological polar surface area (TPSA) is 24.9 Å². The highest BCUT2D eigenvalue weighted by atomic mass is 35.5. The van der Waals surface area contributed by atoms with E-state index >= 15 is 0 Å². The van der Waals surface area contributed by atoms with E-state index in [9.17, 15) is 4.39 Å². The van der Waals surface area contributed by atoms with E-state index in [2.05, 4.69) is 10.3 Å². The zero-order chi connectivity index (χ0) is 10.4. The summed E-state index contributed by atoms with van der Waals surface area (Å²) in [6.45, 7) is 0. The number of aromatic nitrogens is 1. The number of nitrogens with zero attached hydrogens (tertiary/aromatic N) is 1. The summed E-state index contributed by atoms with van der Waals surface area (Å²) in [6.07, 6.45) is 2.67. The minimum Gasteiger partial charge on any atom is -0.308 e. The van der Waals surface area contributed by atoms with Gasteiger partial charge in [0.15, 0.2) is 0 Å². The van der Waals surface area contributed by atoms with E-state index < -0.39 is 6.17 Å². The summed E-state index contributed by atoms with van der Waals surface area (Å²) in [6, 6.07) is 4.13. The van der Waals surface area contributed by atoms with Crippen LogP contribution in [0, 0.1) is 0 Å². The average molecular weight is 227 g/mol. The van der Waals surface area contributed by atoms with Crippen LogP contribution in [-0.4, -0.2) is 23.2 Å². The van der Waals surface area contributed by atoms with E-state index in [-0.39, 0.29) is 12.1 Å². The molecule has 0 aliphatic carbocycles. The van der Waals surface area contributed by atoms with Crippen molar-refractivity contribution in [1.29, 1.82) is 0 Å². The smallest absolute Gasteiger partial charge is 0.129 e. The molecule has 2 saturated heterocycles. The highest BCUT2D eigenvalue weighted by Gasteiger charge is 2.46. The Hall–Kier alpha value is -0.670. The van der Waals surface area contributed by atoms with Gasteiger partial charge in [-0.1, -0.05) is 17.7 Å². The maximum Gasteiger partial charge on any atom is 0.129 e. The molecule has 3 heterocycles. The highest BCUT2D eigenvalue weighted by Crippen LogP contribution is 2.41. The predicted octanol–water partition coefficient (Wildman–Crippen LogP) is 2.29. The molecule has 3 rings (SSSR count). The molecular formula is C11H12ClFN2. The highest BCUT2D eigenvalue weighted by molar-refractivity contribution is 6.29. The first-order valence-electron chi connectivity index (χ1n) is 5.25. The lowest BCUT2D eigenvalue weighted by atomic mass is 9.84. The molecule has 2 nitrogen and oxygen atoms in total. The van der Waals surface area contributed by atoms with Crippen LogP contribution in [0.2, 0.25) is 5.15 Å². The Labute approximate surface area is 92.8 Å². The molecule has 1 aromatic heterocycles. The van der Waals surface area contributed by atoms with Gasteiger partial charge >= 0.3 is 0 Å². The normalized spacial score (nSPS) is 38.5. The van der Waals surface area contributed by atoms with Gasteiger partial charge in [-0.2, -0.15) is 0 Å². The van der Waals surface area contributed by atoms with Crippen molar-refractivity contribution in [1.82, 2.24) is 10.3 Å². The Morgan fingerprint density at radius 1 is 1.33 bits per heavy atom. The Balaban J connectivity index is 1.83. The fraction of sp³-hybridized carbons (Fsp3) is 0.545. The van der Waals surface area contributed by atoms with Gasteiger partial charge in [0.25, 0.3) is 0 Å². The van der Waals surface area contributed by atoms with Crippen LogP contribution in [0.3, 0.4) is 0 Å². The zero-order valence-corrected chi connectivity index (χ0v) is 8.91. The molecule has 0 aromatic carbocycles. The summed E-state index contributed by atoms with van der Waals surface area (Å²) < 4.78 is 13.3. The molecule has 80 valence electrons. The standard InChI is InChI=1S/C11H12ClFN2/c12-11-2-1-6(5-14-11)7-3-10-8(13)4-9(7)15-10/h1-2,5,7-10,15H,3-4H2. The number of halogens is 2. The molecule has 0 radical (unpaired) electrons. The Morgan fingerprint density at radius 2 is 2.20 bits per heavy atom. The Bertz CT molecular complexity index is 365. The molecule has 2 aliphatic rings. The van der Waals surface area contributed by atoms with Crippen molar-refractivity contribution < 1.29 is 4.39 Å². The molecule has 4 heteroatoms. The van der Waals surface area contributed by atoms with Gasteiger partial charge in [-0.05, 0) is 24.5 Å². The summed E-state index contributed by atoms with van der Waals surface area (Å²) in [5.74, 6) is 0.409. The number of nitrogens with one attached hydrogen (secondary N) is 1. The molecular weight excluding hydrogens is 215 g/mol. The van der Waals surface area contributed by atoms with E-state index in [1.807, 2.05) is 12.3 Å². The van der Waals surface area contributed by atoms with Crippen LogP contribution in [0.15, 0.2) is 18.3 Å². The van der Waals surface area contributed by atoms with E-state index in [1.165, 1.54) is 5.56 Å². The van der Waals surface area contributed by atoms with Crippen molar-refractivity contribution >= 4 is 11.6 Å². The van der Waals surface area contributed by atoms with Gasteiger partial charge in [0, 0.05) is 24.2 Å². The van der Waals surface area contributed by atoms with E-state index in [0.717, 1.165) is 6.42 Å². The van der Waals surface area contributed by atoms with Gasteiger partial charge in [0.1, 0.15) is 11.3 Å². The minimum atomic E-state index is -0.661. The quantitative estimate of drug-likeness (QED) is 0.744. The number of hydrogen-bond acceptors (Lipinski definition) is 2. The lowest BCUT2D eigenvalue weighted by molar-refractivity contribution is 0.266. The van der Waals surface area contributed by atoms with E-state index in [0.29, 0.717) is 17.5 Å². The van der Waals surface area contributed by atoms with Gasteiger partial charge in [0.05, 0.1) is 0 Å². The average Bonchev–Trinajstić information content (AvgIpc) is 2.77. The van der Waals surface area contributed by atoms with Crippen molar-refractivity contribution in [2.24, 2.45) is 0 Å². The van der Waals surface area contributed by atoms with Gasteiger partial charge < -0.3 is 5.32 Å². The van der Waals surface area contributed by atoms with Crippen LogP contribution < -0.4 is 5.32 Å². The molecule has 15 heavy (non-hydrogen) atoms. The Kier molecular flexibility index (Phi) is 2.18. The van der Waals surface area contributed by atoms with Crippen LogP contribution in [-0.2, 0) is 0 Å². The van der Waals surface area contributed by atoms with Crippen molar-refractivity contribution in [3.63, 3.8) is 0 Å². The molecule has 2 aliphatic heterocycles. The lowest BCUT2D eigenvalue weighted by Crippen LogP contribution is -2.23. The van der Waals surface area contributed by atoms with Crippen molar-refractivity contribution in [2.75, 3.05) is 0 Å². The number of fused-ring (bicyclic) bond motifs is 2. The molecule has 4 atom stereocenters. The van der Waals surface area contributed by atoms with Gasteiger partial charge in [-0.25, -0.2) is 9.37 Å². The predicted molar refractivity (Wildman–Crippen MR) is 56.8 cm³/mol. The number of alkyl halides is 1. The summed E-state index contributed by atoms with van der Waals surface area (Å²) in [7, 11) is 0. The molecule has 1 aromatic rings. The lowest BCUT2D eigenvalue weighted by Gasteiger charge is -2.22. The summed E-state index contributed by atoms with van der Waals surface area (Å²) in [4.78, 5) is 4.07. The Morgan fingerprint density at radius 3 is 2.73 bits per heavy atom. The van der Waals surface area contributed by atoms with Gasteiger partial charge in [0.2, 0.25) is 0 Å². The van der Waals surface area contributed by atoms with E-state index in [1.54, 1.807) is 6.07 Å². The van der Waals surface area contributed by atoms with Crippen molar-refractivity contribution in [3.05, 3.63) is 29.0 Å². The second-order valence-electron chi connectivity index (χ2n) is 4.39. The number of rotatable bonds is 1. The fourth-order valence-electron chi connectivity index (χ4n) is 2.76. The van der Waals surface area contributed by atoms with Gasteiger partial charge in [-0.3, -0.25) is 0 Å². The SMILES string of the molecule is FC1CC2NC1CC2c1ccc(Cl)nc1. The zero-order valence-electron chi connectivity index (χ0n) is 8.16. The first kappa shape index (κ1) is 9.55. The maximum absolute atomic E-state index is 13.3.